The van der Waals surface area contributed by atoms with Crippen LogP contribution in [0.3, 0.4) is 0 Å². The molecule has 0 aliphatic heterocycles. The van der Waals surface area contributed by atoms with Crippen LogP contribution in [0.25, 0.3) is 0 Å². The average molecular weight is 281 g/mol. The second-order valence-electron chi connectivity index (χ2n) is 5.12. The van der Waals surface area contributed by atoms with Crippen molar-refractivity contribution in [2.24, 2.45) is 11.7 Å². The van der Waals surface area contributed by atoms with Gasteiger partial charge in [-0.25, -0.2) is 4.68 Å². The Morgan fingerprint density at radius 2 is 2.20 bits per heavy atom. The molecule has 0 radical (unpaired) electrons. The summed E-state index contributed by atoms with van der Waals surface area (Å²) in [6, 6.07) is 1.51. The summed E-state index contributed by atoms with van der Waals surface area (Å²) in [7, 11) is 0. The van der Waals surface area contributed by atoms with E-state index in [1.807, 2.05) is 0 Å². The number of hydrogen-bond acceptors (Lipinski definition) is 4. The Balaban J connectivity index is 2.60. The van der Waals surface area contributed by atoms with Gasteiger partial charge >= 0.3 is 0 Å². The molecular formula is C15H27N3O2. The van der Waals surface area contributed by atoms with Crippen molar-refractivity contribution in [2.45, 2.75) is 52.5 Å². The third-order valence-corrected chi connectivity index (χ3v) is 3.44. The molecule has 1 rings (SSSR count). The molecule has 0 aliphatic rings. The molecule has 0 aliphatic carbocycles. The minimum atomic E-state index is -0.0924. The van der Waals surface area contributed by atoms with Crippen molar-refractivity contribution in [3.8, 4) is 5.75 Å². The standard InChI is InChI=1S/C15H27N3O2/c1-3-5-7-13(4-2)12-18-15(19)10-14(11-17-18)20-9-6-8-16/h10-11,13H,3-9,12,16H2,1-2H3. The van der Waals surface area contributed by atoms with Gasteiger partial charge in [0.25, 0.3) is 5.56 Å². The molecular weight excluding hydrogens is 254 g/mol. The van der Waals surface area contributed by atoms with E-state index in [0.717, 1.165) is 19.3 Å². The van der Waals surface area contributed by atoms with Crippen molar-refractivity contribution in [3.05, 3.63) is 22.6 Å². The van der Waals surface area contributed by atoms with Crippen molar-refractivity contribution in [1.82, 2.24) is 9.78 Å². The first kappa shape index (κ1) is 16.7. The van der Waals surface area contributed by atoms with E-state index in [2.05, 4.69) is 18.9 Å². The molecule has 0 aromatic carbocycles. The number of unbranched alkanes of at least 4 members (excludes halogenated alkanes) is 1. The number of ether oxygens (including phenoxy) is 1. The van der Waals surface area contributed by atoms with Gasteiger partial charge in [-0.15, -0.1) is 0 Å². The van der Waals surface area contributed by atoms with Crippen LogP contribution in [0.2, 0.25) is 0 Å². The first-order valence-corrected chi connectivity index (χ1v) is 7.61. The Hall–Kier alpha value is -1.36. The second kappa shape index (κ2) is 9.53. The van der Waals surface area contributed by atoms with Crippen molar-refractivity contribution >= 4 is 0 Å². The van der Waals surface area contributed by atoms with E-state index in [-0.39, 0.29) is 5.56 Å². The van der Waals surface area contributed by atoms with E-state index in [1.54, 1.807) is 10.9 Å². The van der Waals surface area contributed by atoms with Gasteiger partial charge in [0.2, 0.25) is 0 Å². The molecule has 0 bridgehead atoms. The molecule has 1 unspecified atom stereocenters. The highest BCUT2D eigenvalue weighted by atomic mass is 16.5. The Bertz CT molecular complexity index is 431. The van der Waals surface area contributed by atoms with Crippen LogP contribution in [0.4, 0.5) is 0 Å². The maximum atomic E-state index is 12.0. The average Bonchev–Trinajstić information content (AvgIpc) is 2.46. The molecule has 1 heterocycles. The quantitative estimate of drug-likeness (QED) is 0.667. The Morgan fingerprint density at radius 3 is 2.80 bits per heavy atom. The lowest BCUT2D eigenvalue weighted by Gasteiger charge is -2.15. The smallest absolute Gasteiger partial charge is 0.270 e. The normalized spacial score (nSPS) is 12.3. The molecule has 5 nitrogen and oxygen atoms in total. The highest BCUT2D eigenvalue weighted by Crippen LogP contribution is 2.14. The summed E-state index contributed by atoms with van der Waals surface area (Å²) in [5, 5.41) is 4.20. The molecule has 1 aromatic rings. The van der Waals surface area contributed by atoms with Gasteiger partial charge in [0.15, 0.2) is 0 Å². The summed E-state index contributed by atoms with van der Waals surface area (Å²) in [6.07, 6.45) is 7.00. The van der Waals surface area contributed by atoms with E-state index < -0.39 is 0 Å². The second-order valence-corrected chi connectivity index (χ2v) is 5.12. The molecule has 0 saturated carbocycles. The zero-order chi connectivity index (χ0) is 14.8. The zero-order valence-corrected chi connectivity index (χ0v) is 12.7. The van der Waals surface area contributed by atoms with E-state index in [9.17, 15) is 4.79 Å². The van der Waals surface area contributed by atoms with Gasteiger partial charge in [-0.2, -0.15) is 5.10 Å². The largest absolute Gasteiger partial charge is 0.492 e. The zero-order valence-electron chi connectivity index (χ0n) is 12.7. The lowest BCUT2D eigenvalue weighted by molar-refractivity contribution is 0.305. The van der Waals surface area contributed by atoms with Gasteiger partial charge in [0.1, 0.15) is 5.75 Å². The monoisotopic (exact) mass is 281 g/mol. The van der Waals surface area contributed by atoms with Gasteiger partial charge in [0.05, 0.1) is 12.8 Å². The van der Waals surface area contributed by atoms with Crippen LogP contribution in [0, 0.1) is 5.92 Å². The summed E-state index contributed by atoms with van der Waals surface area (Å²) >= 11 is 0. The van der Waals surface area contributed by atoms with Gasteiger partial charge in [-0.05, 0) is 25.3 Å². The van der Waals surface area contributed by atoms with Crippen LogP contribution in [-0.2, 0) is 6.54 Å². The van der Waals surface area contributed by atoms with E-state index in [0.29, 0.717) is 31.4 Å². The third-order valence-electron chi connectivity index (χ3n) is 3.44. The first-order chi connectivity index (χ1) is 9.71. The predicted octanol–water partition coefficient (Wildman–Crippen LogP) is 2.19. The number of aromatic nitrogens is 2. The Labute approximate surface area is 121 Å². The van der Waals surface area contributed by atoms with Crippen LogP contribution < -0.4 is 16.0 Å². The molecule has 5 heteroatoms. The van der Waals surface area contributed by atoms with Crippen LogP contribution in [0.5, 0.6) is 5.75 Å². The van der Waals surface area contributed by atoms with Crippen LogP contribution in [0.1, 0.15) is 46.0 Å². The van der Waals surface area contributed by atoms with Crippen LogP contribution in [-0.4, -0.2) is 22.9 Å². The summed E-state index contributed by atoms with van der Waals surface area (Å²) in [4.78, 5) is 12.0. The third kappa shape index (κ3) is 5.74. The predicted molar refractivity (Wildman–Crippen MR) is 81.0 cm³/mol. The minimum Gasteiger partial charge on any atom is -0.492 e. The topological polar surface area (TPSA) is 70.1 Å². The lowest BCUT2D eigenvalue weighted by Crippen LogP contribution is -2.26. The fraction of sp³-hybridized carbons (Fsp3) is 0.733. The van der Waals surface area contributed by atoms with Crippen molar-refractivity contribution < 1.29 is 4.74 Å². The van der Waals surface area contributed by atoms with Gasteiger partial charge in [-0.1, -0.05) is 33.1 Å². The van der Waals surface area contributed by atoms with Crippen LogP contribution in [0.15, 0.2) is 17.1 Å². The van der Waals surface area contributed by atoms with E-state index >= 15 is 0 Å². The molecule has 1 aromatic heterocycles. The number of rotatable bonds is 10. The first-order valence-electron chi connectivity index (χ1n) is 7.61. The molecule has 20 heavy (non-hydrogen) atoms. The molecule has 2 N–H and O–H groups in total. The highest BCUT2D eigenvalue weighted by molar-refractivity contribution is 5.13. The summed E-state index contributed by atoms with van der Waals surface area (Å²) < 4.78 is 6.96. The number of nitrogens with two attached hydrogens (primary N) is 1. The molecule has 0 amide bonds. The van der Waals surface area contributed by atoms with Crippen molar-refractivity contribution in [3.63, 3.8) is 0 Å². The van der Waals surface area contributed by atoms with E-state index in [4.69, 9.17) is 10.5 Å². The minimum absolute atomic E-state index is 0.0924. The maximum absolute atomic E-state index is 12.0. The van der Waals surface area contributed by atoms with Gasteiger partial charge in [-0.3, -0.25) is 4.79 Å². The lowest BCUT2D eigenvalue weighted by atomic mass is 9.99. The summed E-state index contributed by atoms with van der Waals surface area (Å²) in [5.74, 6) is 1.05. The molecule has 1 atom stereocenters. The van der Waals surface area contributed by atoms with Gasteiger partial charge < -0.3 is 10.5 Å². The SMILES string of the molecule is CCCCC(CC)Cn1ncc(OCCCN)cc1=O. The van der Waals surface area contributed by atoms with Crippen molar-refractivity contribution in [2.75, 3.05) is 13.2 Å². The molecule has 0 fully saturated rings. The fourth-order valence-electron chi connectivity index (χ4n) is 2.07. The Morgan fingerprint density at radius 1 is 1.40 bits per heavy atom. The molecule has 0 saturated heterocycles. The Kier molecular flexibility index (Phi) is 7.95. The summed E-state index contributed by atoms with van der Waals surface area (Å²) in [5.41, 5.74) is 5.30. The number of hydrogen-bond donors (Lipinski definition) is 1. The van der Waals surface area contributed by atoms with Crippen LogP contribution >= 0.6 is 0 Å². The van der Waals surface area contributed by atoms with E-state index in [1.165, 1.54) is 18.9 Å². The molecule has 0 spiro atoms. The highest BCUT2D eigenvalue weighted by Gasteiger charge is 2.09. The van der Waals surface area contributed by atoms with Gasteiger partial charge in [0, 0.05) is 12.6 Å². The maximum Gasteiger partial charge on any atom is 0.270 e. The molecule has 114 valence electrons. The summed E-state index contributed by atoms with van der Waals surface area (Å²) in [6.45, 7) is 6.15. The number of nitrogens with zero attached hydrogens (tertiary/aromatic N) is 2. The fourth-order valence-corrected chi connectivity index (χ4v) is 2.07. The van der Waals surface area contributed by atoms with Crippen molar-refractivity contribution in [1.29, 1.82) is 0 Å².